The van der Waals surface area contributed by atoms with Crippen LogP contribution in [0, 0.1) is 5.92 Å². The molecule has 0 atom stereocenters. The van der Waals surface area contributed by atoms with E-state index < -0.39 is 0 Å². The lowest BCUT2D eigenvalue weighted by Crippen LogP contribution is -2.32. The molecule has 6 heteroatoms. The molecule has 1 amide bonds. The molecule has 5 nitrogen and oxygen atoms in total. The van der Waals surface area contributed by atoms with Gasteiger partial charge in [0, 0.05) is 25.6 Å². The van der Waals surface area contributed by atoms with Crippen LogP contribution in [0.15, 0.2) is 16.6 Å². The average molecular weight is 343 g/mol. The van der Waals surface area contributed by atoms with Crippen molar-refractivity contribution < 1.29 is 14.6 Å². The van der Waals surface area contributed by atoms with Crippen LogP contribution in [0.5, 0.6) is 11.5 Å². The molecule has 0 aliphatic heterocycles. The number of phenols is 1. The molecule has 1 aliphatic rings. The summed E-state index contributed by atoms with van der Waals surface area (Å²) in [6.45, 7) is 1.99. The van der Waals surface area contributed by atoms with Crippen LogP contribution in [0.4, 0.5) is 0 Å². The van der Waals surface area contributed by atoms with Gasteiger partial charge in [-0.1, -0.05) is 0 Å². The van der Waals surface area contributed by atoms with Crippen molar-refractivity contribution in [3.63, 3.8) is 0 Å². The number of hydrogen-bond donors (Lipinski definition) is 3. The van der Waals surface area contributed by atoms with Crippen molar-refractivity contribution in [3.8, 4) is 11.5 Å². The van der Waals surface area contributed by atoms with Crippen molar-refractivity contribution in [2.75, 3.05) is 20.2 Å². The first kappa shape index (κ1) is 15.1. The average Bonchev–Trinajstić information content (AvgIpc) is 3.26. The molecule has 0 aromatic heterocycles. The molecule has 3 N–H and O–H groups in total. The summed E-state index contributed by atoms with van der Waals surface area (Å²) in [5.74, 6) is 0.972. The molecule has 0 radical (unpaired) electrons. The van der Waals surface area contributed by atoms with Gasteiger partial charge in [0.25, 0.3) is 0 Å². The van der Waals surface area contributed by atoms with E-state index in [0.29, 0.717) is 29.9 Å². The number of nitrogens with one attached hydrogen (secondary N) is 2. The number of aromatic hydroxyl groups is 1. The summed E-state index contributed by atoms with van der Waals surface area (Å²) in [5, 5.41) is 15.9. The van der Waals surface area contributed by atoms with Gasteiger partial charge in [-0.3, -0.25) is 4.79 Å². The summed E-state index contributed by atoms with van der Waals surface area (Å²) in [6.07, 6.45) is 2.06. The Bertz CT molecular complexity index is 490. The molecule has 0 bridgehead atoms. The number of halogens is 1. The van der Waals surface area contributed by atoms with Gasteiger partial charge in [-0.2, -0.15) is 0 Å². The van der Waals surface area contributed by atoms with Crippen LogP contribution in [0.1, 0.15) is 18.4 Å². The van der Waals surface area contributed by atoms with E-state index in [1.807, 2.05) is 6.07 Å². The minimum Gasteiger partial charge on any atom is -0.503 e. The maximum Gasteiger partial charge on any atom is 0.223 e. The van der Waals surface area contributed by atoms with E-state index in [0.717, 1.165) is 18.4 Å². The number of carbonyl (C=O) groups is 1. The molecule has 1 aliphatic carbocycles. The molecule has 0 unspecified atom stereocenters. The Morgan fingerprint density at radius 2 is 2.20 bits per heavy atom. The predicted molar refractivity (Wildman–Crippen MR) is 79.8 cm³/mol. The topological polar surface area (TPSA) is 70.6 Å². The summed E-state index contributed by atoms with van der Waals surface area (Å²) in [5.41, 5.74) is 1.00. The monoisotopic (exact) mass is 342 g/mol. The van der Waals surface area contributed by atoms with Crippen LogP contribution >= 0.6 is 15.9 Å². The van der Waals surface area contributed by atoms with E-state index in [4.69, 9.17) is 4.74 Å². The van der Waals surface area contributed by atoms with E-state index >= 15 is 0 Å². The molecule has 1 aromatic rings. The zero-order chi connectivity index (χ0) is 14.5. The lowest BCUT2D eigenvalue weighted by atomic mass is 10.2. The van der Waals surface area contributed by atoms with E-state index in [9.17, 15) is 9.90 Å². The quantitative estimate of drug-likeness (QED) is 0.660. The Morgan fingerprint density at radius 1 is 1.45 bits per heavy atom. The standard InChI is InChI=1S/C14H19BrN2O3/c1-20-12-7-9(6-11(15)13(12)18)8-16-4-5-17-14(19)10-2-3-10/h6-7,10,16,18H,2-5,8H2,1H3,(H,17,19). The Kier molecular flexibility index (Phi) is 5.25. The Hall–Kier alpha value is -1.27. The number of methoxy groups -OCH3 is 1. The number of amides is 1. The fourth-order valence-electron chi connectivity index (χ4n) is 1.88. The summed E-state index contributed by atoms with van der Waals surface area (Å²) >= 11 is 3.29. The molecule has 1 saturated carbocycles. The van der Waals surface area contributed by atoms with Crippen LogP contribution in [-0.4, -0.2) is 31.2 Å². The van der Waals surface area contributed by atoms with Gasteiger partial charge in [0.1, 0.15) is 0 Å². The number of phenolic OH excluding ortho intramolecular Hbond substituents is 1. The molecule has 2 rings (SSSR count). The van der Waals surface area contributed by atoms with Gasteiger partial charge in [-0.05, 0) is 46.5 Å². The number of carbonyl (C=O) groups excluding carboxylic acids is 1. The number of hydrogen-bond acceptors (Lipinski definition) is 4. The second-order valence-electron chi connectivity index (χ2n) is 4.87. The van der Waals surface area contributed by atoms with Crippen LogP contribution in [0.3, 0.4) is 0 Å². The Balaban J connectivity index is 1.73. The third-order valence-corrected chi connectivity index (χ3v) is 3.79. The molecule has 0 heterocycles. The predicted octanol–water partition coefficient (Wildman–Crippen LogP) is 1.78. The smallest absolute Gasteiger partial charge is 0.223 e. The van der Waals surface area contributed by atoms with Gasteiger partial charge >= 0.3 is 0 Å². The Labute approximate surface area is 126 Å². The lowest BCUT2D eigenvalue weighted by Gasteiger charge is -2.10. The summed E-state index contributed by atoms with van der Waals surface area (Å²) < 4.78 is 5.70. The lowest BCUT2D eigenvalue weighted by molar-refractivity contribution is -0.122. The summed E-state index contributed by atoms with van der Waals surface area (Å²) in [7, 11) is 1.52. The Morgan fingerprint density at radius 3 is 2.85 bits per heavy atom. The number of rotatable bonds is 7. The molecule has 1 fully saturated rings. The summed E-state index contributed by atoms with van der Waals surface area (Å²) in [6, 6.07) is 3.63. The highest BCUT2D eigenvalue weighted by molar-refractivity contribution is 9.10. The molecular weight excluding hydrogens is 324 g/mol. The van der Waals surface area contributed by atoms with Crippen LogP contribution < -0.4 is 15.4 Å². The SMILES string of the molecule is COc1cc(CNCCNC(=O)C2CC2)cc(Br)c1O. The van der Waals surface area contributed by atoms with Crippen molar-refractivity contribution in [2.24, 2.45) is 5.92 Å². The van der Waals surface area contributed by atoms with Crippen molar-refractivity contribution in [2.45, 2.75) is 19.4 Å². The van der Waals surface area contributed by atoms with E-state index in [1.165, 1.54) is 7.11 Å². The minimum atomic E-state index is 0.105. The van der Waals surface area contributed by atoms with E-state index in [-0.39, 0.29) is 17.6 Å². The van der Waals surface area contributed by atoms with Gasteiger partial charge in [-0.15, -0.1) is 0 Å². The van der Waals surface area contributed by atoms with Crippen molar-refractivity contribution in [1.29, 1.82) is 0 Å². The van der Waals surface area contributed by atoms with Crippen molar-refractivity contribution >= 4 is 21.8 Å². The number of benzene rings is 1. The largest absolute Gasteiger partial charge is 0.503 e. The molecule has 0 saturated heterocycles. The molecular formula is C14H19BrN2O3. The van der Waals surface area contributed by atoms with Crippen molar-refractivity contribution in [1.82, 2.24) is 10.6 Å². The number of ether oxygens (including phenoxy) is 1. The molecule has 1 aromatic carbocycles. The fraction of sp³-hybridized carbons (Fsp3) is 0.500. The molecule has 110 valence electrons. The zero-order valence-electron chi connectivity index (χ0n) is 11.4. The first-order valence-electron chi connectivity index (χ1n) is 6.65. The highest BCUT2D eigenvalue weighted by Crippen LogP contribution is 2.35. The van der Waals surface area contributed by atoms with Gasteiger partial charge in [-0.25, -0.2) is 0 Å². The fourth-order valence-corrected chi connectivity index (χ4v) is 2.37. The maximum absolute atomic E-state index is 11.4. The zero-order valence-corrected chi connectivity index (χ0v) is 13.0. The van der Waals surface area contributed by atoms with Crippen molar-refractivity contribution in [3.05, 3.63) is 22.2 Å². The highest BCUT2D eigenvalue weighted by atomic mass is 79.9. The van der Waals surface area contributed by atoms with E-state index in [2.05, 4.69) is 26.6 Å². The van der Waals surface area contributed by atoms with Crippen LogP contribution in [-0.2, 0) is 11.3 Å². The van der Waals surface area contributed by atoms with Crippen LogP contribution in [0.2, 0.25) is 0 Å². The normalized spacial score (nSPS) is 14.1. The molecule has 20 heavy (non-hydrogen) atoms. The summed E-state index contributed by atoms with van der Waals surface area (Å²) in [4.78, 5) is 11.4. The third-order valence-electron chi connectivity index (χ3n) is 3.19. The van der Waals surface area contributed by atoms with E-state index in [1.54, 1.807) is 6.07 Å². The highest BCUT2D eigenvalue weighted by Gasteiger charge is 2.28. The van der Waals surface area contributed by atoms with Gasteiger partial charge in [0.05, 0.1) is 11.6 Å². The second kappa shape index (κ2) is 6.95. The first-order valence-corrected chi connectivity index (χ1v) is 7.45. The first-order chi connectivity index (χ1) is 9.61. The maximum atomic E-state index is 11.4. The van der Waals surface area contributed by atoms with Gasteiger partial charge in [0.2, 0.25) is 5.91 Å². The molecule has 0 spiro atoms. The second-order valence-corrected chi connectivity index (χ2v) is 5.72. The third kappa shape index (κ3) is 4.11. The van der Waals surface area contributed by atoms with Gasteiger partial charge < -0.3 is 20.5 Å². The minimum absolute atomic E-state index is 0.105. The van der Waals surface area contributed by atoms with Gasteiger partial charge in [0.15, 0.2) is 11.5 Å². The van der Waals surface area contributed by atoms with Crippen LogP contribution in [0.25, 0.3) is 0 Å².